The third-order valence-corrected chi connectivity index (χ3v) is 13.2. The molecule has 11 rings (SSSR count). The summed E-state index contributed by atoms with van der Waals surface area (Å²) in [5.74, 6) is 0.367. The van der Waals surface area contributed by atoms with E-state index in [9.17, 15) is 23.7 Å². The van der Waals surface area contributed by atoms with Crippen LogP contribution in [0.5, 0.6) is 0 Å². The van der Waals surface area contributed by atoms with Crippen molar-refractivity contribution in [1.82, 2.24) is 14.5 Å². The van der Waals surface area contributed by atoms with Gasteiger partial charge < -0.3 is 4.57 Å². The summed E-state index contributed by atoms with van der Waals surface area (Å²) in [6.45, 7) is 17.7. The molecule has 0 N–H and O–H groups in total. The van der Waals surface area contributed by atoms with E-state index in [0.717, 1.165) is 39.1 Å². The fourth-order valence-corrected chi connectivity index (χ4v) is 9.69. The first-order valence-electron chi connectivity index (χ1n) is 23.4. The third-order valence-electron chi connectivity index (χ3n) is 13.2. The molecular weight excluding hydrogens is 924 g/mol. The van der Waals surface area contributed by atoms with E-state index in [0.29, 0.717) is 101 Å². The zero-order valence-electron chi connectivity index (χ0n) is 39.3. The second kappa shape index (κ2) is 18.7. The Kier molecular flexibility index (Phi) is 11.7. The van der Waals surface area contributed by atoms with E-state index in [-0.39, 0.29) is 0 Å². The molecule has 2 aromatic heterocycles. The smallest absolute Gasteiger partial charge is 0.308 e. The Hall–Kier alpha value is -10.4. The van der Waals surface area contributed by atoms with Crippen LogP contribution in [0.2, 0.25) is 0 Å². The topological polar surface area (TPSA) is 87.0 Å². The molecule has 0 spiro atoms. The minimum Gasteiger partial charge on any atom is -0.308 e. The summed E-state index contributed by atoms with van der Waals surface area (Å²) in [4.78, 5) is 17.7. The average Bonchev–Trinajstić information content (AvgIpc) is 3.76. The van der Waals surface area contributed by atoms with Crippen LogP contribution in [0.25, 0.3) is 116 Å². The minimum atomic E-state index is -4.66. The molecule has 9 aromatic carbocycles. The van der Waals surface area contributed by atoms with Crippen molar-refractivity contribution in [2.24, 2.45) is 0 Å². The molecule has 2 heterocycles. The first-order chi connectivity index (χ1) is 36.0. The number of nitriles is 2. The van der Waals surface area contributed by atoms with E-state index in [4.69, 9.17) is 23.1 Å². The fourth-order valence-electron chi connectivity index (χ4n) is 9.69. The largest absolute Gasteiger partial charge is 0.416 e. The number of alkyl halides is 3. The van der Waals surface area contributed by atoms with Crippen LogP contribution < -0.4 is 0 Å². The molecule has 0 aliphatic rings. The van der Waals surface area contributed by atoms with Crippen LogP contribution in [-0.4, -0.2) is 14.5 Å². The maximum Gasteiger partial charge on any atom is 0.416 e. The lowest BCUT2D eigenvalue weighted by atomic mass is 9.91. The van der Waals surface area contributed by atoms with Crippen LogP contribution in [0.4, 0.5) is 24.5 Å². The first-order valence-corrected chi connectivity index (χ1v) is 23.4. The van der Waals surface area contributed by atoms with E-state index in [1.54, 1.807) is 42.5 Å². The number of aryl methyl sites for hydroxylation is 1. The summed E-state index contributed by atoms with van der Waals surface area (Å²) >= 11 is 0. The van der Waals surface area contributed by atoms with Gasteiger partial charge in [-0.25, -0.2) is 19.7 Å². The first kappa shape index (κ1) is 46.0. The monoisotopic (exact) mass is 959 g/mol. The van der Waals surface area contributed by atoms with Gasteiger partial charge in [-0.2, -0.15) is 23.7 Å². The number of benzene rings is 9. The highest BCUT2D eigenvalue weighted by molar-refractivity contribution is 6.13. The molecule has 0 aliphatic carbocycles. The van der Waals surface area contributed by atoms with Crippen molar-refractivity contribution >= 4 is 33.2 Å². The van der Waals surface area contributed by atoms with Gasteiger partial charge in [0.15, 0.2) is 17.2 Å². The van der Waals surface area contributed by atoms with Gasteiger partial charge in [0.1, 0.15) is 0 Å². The van der Waals surface area contributed by atoms with Crippen molar-refractivity contribution in [2.45, 2.75) is 13.1 Å². The molecule has 0 unspecified atom stereocenters. The number of rotatable bonds is 8. The molecule has 11 aromatic rings. The Balaban J connectivity index is 1.28. The predicted molar refractivity (Wildman–Crippen MR) is 286 cm³/mol. The molecular formula is C64H36F3N7. The quantitative estimate of drug-likeness (QED) is 0.142. The van der Waals surface area contributed by atoms with Gasteiger partial charge >= 0.3 is 6.18 Å². The van der Waals surface area contributed by atoms with Crippen LogP contribution in [0.3, 0.4) is 0 Å². The molecule has 74 heavy (non-hydrogen) atoms. The summed E-state index contributed by atoms with van der Waals surface area (Å²) < 4.78 is 46.7. The number of fused-ring (bicyclic) bond motifs is 3. The zero-order valence-corrected chi connectivity index (χ0v) is 39.3. The molecule has 10 heteroatoms. The summed E-state index contributed by atoms with van der Waals surface area (Å²) in [5, 5.41) is 21.5. The SMILES string of the molecule is [C-]#[N+]c1ccc(-c2ccc3c(c2)c2cc(-c4ccc(C#N)cc4[N+]#[C-])ccc2n3-c2c(-c3cccc(C)c3)cc(-c3nc(-c4ccccc4)cc(-c4ccccc4)n3)cc2-c2cccc(C(F)(F)F)c2)c(C#N)c1. The van der Waals surface area contributed by atoms with Gasteiger partial charge in [0.2, 0.25) is 0 Å². The zero-order chi connectivity index (χ0) is 51.1. The van der Waals surface area contributed by atoms with Crippen LogP contribution in [0.1, 0.15) is 22.3 Å². The van der Waals surface area contributed by atoms with E-state index in [2.05, 4.69) is 26.4 Å². The lowest BCUT2D eigenvalue weighted by Crippen LogP contribution is -2.06. The molecule has 0 saturated heterocycles. The van der Waals surface area contributed by atoms with E-state index in [1.165, 1.54) is 12.1 Å². The van der Waals surface area contributed by atoms with Crippen molar-refractivity contribution < 1.29 is 13.2 Å². The number of hydrogen-bond donors (Lipinski definition) is 0. The van der Waals surface area contributed by atoms with Gasteiger partial charge in [0.25, 0.3) is 0 Å². The van der Waals surface area contributed by atoms with Crippen LogP contribution in [-0.2, 0) is 6.18 Å². The Morgan fingerprint density at radius 1 is 0.486 bits per heavy atom. The molecule has 0 amide bonds. The number of nitrogens with zero attached hydrogens (tertiary/aromatic N) is 7. The van der Waals surface area contributed by atoms with Crippen LogP contribution in [0, 0.1) is 42.7 Å². The van der Waals surface area contributed by atoms with Gasteiger partial charge in [-0.3, -0.25) is 0 Å². The second-order valence-electron chi connectivity index (χ2n) is 17.8. The van der Waals surface area contributed by atoms with Gasteiger partial charge in [-0.15, -0.1) is 0 Å². The van der Waals surface area contributed by atoms with Crippen molar-refractivity contribution in [3.63, 3.8) is 0 Å². The fraction of sp³-hybridized carbons (Fsp3) is 0.0312. The molecule has 0 saturated carbocycles. The van der Waals surface area contributed by atoms with Gasteiger partial charge in [0.05, 0.1) is 59.0 Å². The Morgan fingerprint density at radius 3 is 1.62 bits per heavy atom. The standard InChI is InChI=1S/C64H36F3N7/c1-39-12-10-17-43(28-39)53-34-47(63-72-57(41-13-6-4-7-14-41)36-58(73-63)42-15-8-5-9-16-42)35-54(44-18-11-19-49(30-44)64(65,66)67)62(53)74-60-26-21-45(51-25-23-50(70-2)31-48(51)38-69)32-55(60)56-33-46(22-27-61(56)74)52-24-20-40(37-68)29-59(52)71-3/h4-36H,1H3. The summed E-state index contributed by atoms with van der Waals surface area (Å²) in [6.07, 6.45) is -4.66. The molecule has 0 bridgehead atoms. The van der Waals surface area contributed by atoms with E-state index in [1.807, 2.05) is 146 Å². The Labute approximate surface area is 424 Å². The number of halogens is 3. The number of aromatic nitrogens is 3. The van der Waals surface area contributed by atoms with Crippen LogP contribution in [0.15, 0.2) is 200 Å². The maximum absolute atomic E-state index is 14.9. The van der Waals surface area contributed by atoms with Gasteiger partial charge in [0, 0.05) is 49.7 Å². The van der Waals surface area contributed by atoms with E-state index < -0.39 is 11.7 Å². The molecule has 348 valence electrons. The molecule has 7 nitrogen and oxygen atoms in total. The average molecular weight is 960 g/mol. The summed E-state index contributed by atoms with van der Waals surface area (Å²) in [6, 6.07) is 64.7. The highest BCUT2D eigenvalue weighted by atomic mass is 19.4. The van der Waals surface area contributed by atoms with Gasteiger partial charge in [-0.1, -0.05) is 133 Å². The highest BCUT2D eigenvalue weighted by Gasteiger charge is 2.31. The third kappa shape index (κ3) is 8.46. The summed E-state index contributed by atoms with van der Waals surface area (Å²) in [7, 11) is 0. The minimum absolute atomic E-state index is 0.296. The normalized spacial score (nSPS) is 11.2. The highest BCUT2D eigenvalue weighted by Crippen LogP contribution is 2.47. The molecule has 0 fully saturated rings. The molecule has 0 radical (unpaired) electrons. The lowest BCUT2D eigenvalue weighted by Gasteiger charge is -2.22. The predicted octanol–water partition coefficient (Wildman–Crippen LogP) is 17.4. The molecule has 0 atom stereocenters. The number of hydrogen-bond acceptors (Lipinski definition) is 4. The van der Waals surface area contributed by atoms with E-state index >= 15 is 0 Å². The van der Waals surface area contributed by atoms with Crippen molar-refractivity contribution in [2.75, 3.05) is 0 Å². The Bertz CT molecular complexity index is 4050. The van der Waals surface area contributed by atoms with Crippen molar-refractivity contribution in [3.8, 4) is 96.2 Å². The van der Waals surface area contributed by atoms with Crippen molar-refractivity contribution in [1.29, 1.82) is 10.5 Å². The van der Waals surface area contributed by atoms with Crippen molar-refractivity contribution in [3.05, 3.63) is 245 Å². The Morgan fingerprint density at radius 2 is 1.05 bits per heavy atom. The van der Waals surface area contributed by atoms with Crippen LogP contribution >= 0.6 is 0 Å². The maximum atomic E-state index is 14.9. The van der Waals surface area contributed by atoms with Gasteiger partial charge in [-0.05, 0) is 113 Å². The molecule has 0 aliphatic heterocycles. The lowest BCUT2D eigenvalue weighted by molar-refractivity contribution is -0.137. The second-order valence-corrected chi connectivity index (χ2v) is 17.8. The summed E-state index contributed by atoms with van der Waals surface area (Å²) in [5.41, 5.74) is 11.9.